The number of hydrogen-bond donors (Lipinski definition) is 3. The lowest BCUT2D eigenvalue weighted by molar-refractivity contribution is -0.117. The largest absolute Gasteiger partial charge is 0.321 e. The van der Waals surface area contributed by atoms with Crippen LogP contribution in [-0.2, 0) is 4.79 Å². The molecule has 0 aliphatic heterocycles. The van der Waals surface area contributed by atoms with Crippen molar-refractivity contribution in [1.82, 2.24) is 10.3 Å². The molecule has 1 fully saturated rings. The van der Waals surface area contributed by atoms with E-state index in [1.54, 1.807) is 66.5 Å². The van der Waals surface area contributed by atoms with Gasteiger partial charge in [-0.3, -0.25) is 14.4 Å². The first-order valence-corrected chi connectivity index (χ1v) is 11.7. The van der Waals surface area contributed by atoms with Gasteiger partial charge in [-0.25, -0.2) is 4.98 Å². The van der Waals surface area contributed by atoms with Crippen molar-refractivity contribution in [2.45, 2.75) is 25.3 Å². The first-order valence-electron chi connectivity index (χ1n) is 11.3. The van der Waals surface area contributed by atoms with Crippen molar-refractivity contribution in [2.75, 3.05) is 29.1 Å². The Morgan fingerprint density at radius 3 is 2.43 bits per heavy atom. The lowest BCUT2D eigenvalue weighted by Crippen LogP contribution is -2.42. The van der Waals surface area contributed by atoms with Crippen LogP contribution in [0.1, 0.15) is 40.0 Å². The summed E-state index contributed by atoms with van der Waals surface area (Å²) in [5, 5.41) is 9.17. The minimum atomic E-state index is -0.429. The quantitative estimate of drug-likeness (QED) is 0.435. The average Bonchev–Trinajstić information content (AvgIpc) is 2.83. The maximum absolute atomic E-state index is 12.9. The molecule has 1 aliphatic rings. The Hall–Kier alpha value is -3.75. The van der Waals surface area contributed by atoms with E-state index in [9.17, 15) is 14.4 Å². The predicted molar refractivity (Wildman–Crippen MR) is 137 cm³/mol. The second kappa shape index (κ2) is 11.1. The van der Waals surface area contributed by atoms with Gasteiger partial charge in [0.1, 0.15) is 5.82 Å². The molecule has 3 N–H and O–H groups in total. The Balaban J connectivity index is 1.39. The van der Waals surface area contributed by atoms with E-state index in [2.05, 4.69) is 20.9 Å². The summed E-state index contributed by atoms with van der Waals surface area (Å²) < 4.78 is 0. The molecule has 1 saturated carbocycles. The Labute approximate surface area is 208 Å². The van der Waals surface area contributed by atoms with Crippen LogP contribution in [0.2, 0.25) is 5.02 Å². The maximum Gasteiger partial charge on any atom is 0.258 e. The number of hydrogen-bond acceptors (Lipinski definition) is 5. The van der Waals surface area contributed by atoms with Crippen LogP contribution in [-0.4, -0.2) is 42.3 Å². The molecule has 9 heteroatoms. The summed E-state index contributed by atoms with van der Waals surface area (Å²) in [7, 11) is 1.71. The number of anilines is 3. The zero-order valence-corrected chi connectivity index (χ0v) is 20.0. The van der Waals surface area contributed by atoms with E-state index in [-0.39, 0.29) is 23.9 Å². The van der Waals surface area contributed by atoms with Crippen LogP contribution < -0.4 is 20.9 Å². The Morgan fingerprint density at radius 1 is 1.00 bits per heavy atom. The fourth-order valence-electron chi connectivity index (χ4n) is 3.58. The Bertz CT molecular complexity index is 1230. The smallest absolute Gasteiger partial charge is 0.258 e. The normalized spacial score (nSPS) is 13.0. The molecule has 0 saturated heterocycles. The summed E-state index contributed by atoms with van der Waals surface area (Å²) in [5.74, 6) is -0.538. The number of carbonyl (C=O) groups is 3. The fraction of sp³-hybridized carbons (Fsp3) is 0.231. The van der Waals surface area contributed by atoms with Crippen LogP contribution in [0.4, 0.5) is 17.2 Å². The number of nitrogens with one attached hydrogen (secondary N) is 3. The molecule has 2 aromatic carbocycles. The van der Waals surface area contributed by atoms with Gasteiger partial charge in [-0.2, -0.15) is 0 Å². The van der Waals surface area contributed by atoms with Crippen molar-refractivity contribution < 1.29 is 14.4 Å². The van der Waals surface area contributed by atoms with Gasteiger partial charge in [-0.15, -0.1) is 0 Å². The maximum atomic E-state index is 12.9. The van der Waals surface area contributed by atoms with Crippen molar-refractivity contribution in [3.63, 3.8) is 0 Å². The number of aromatic nitrogens is 1. The number of nitrogens with zero attached hydrogens (tertiary/aromatic N) is 2. The lowest BCUT2D eigenvalue weighted by Gasteiger charge is -2.27. The summed E-state index contributed by atoms with van der Waals surface area (Å²) in [5.41, 5.74) is 1.73. The molecule has 0 radical (unpaired) electrons. The van der Waals surface area contributed by atoms with E-state index in [0.717, 1.165) is 12.8 Å². The third-order valence-electron chi connectivity index (χ3n) is 5.92. The van der Waals surface area contributed by atoms with Crippen LogP contribution in [0.15, 0.2) is 66.9 Å². The molecule has 1 heterocycles. The van der Waals surface area contributed by atoms with E-state index < -0.39 is 5.91 Å². The molecule has 35 heavy (non-hydrogen) atoms. The Kier molecular flexibility index (Phi) is 7.74. The monoisotopic (exact) mass is 491 g/mol. The fourth-order valence-corrected chi connectivity index (χ4v) is 3.74. The van der Waals surface area contributed by atoms with Crippen molar-refractivity contribution >= 4 is 46.5 Å². The van der Waals surface area contributed by atoms with Gasteiger partial charge >= 0.3 is 0 Å². The van der Waals surface area contributed by atoms with E-state index >= 15 is 0 Å². The number of benzene rings is 2. The standard InChI is InChI=1S/C26H26ClN5O3/c1-32(24(33)16-29-19-5-4-6-19)20-11-9-17(10-12-20)25(34)30-22-8-3-2-7-21(22)26(35)31-23-15-18(27)13-14-28-23/h2-3,7-15,19,29H,4-6,16H2,1H3,(H,30,34)(H,28,31,35). The molecule has 180 valence electrons. The minimum absolute atomic E-state index is 0.0387. The van der Waals surface area contributed by atoms with Crippen LogP contribution >= 0.6 is 11.6 Å². The topological polar surface area (TPSA) is 103 Å². The highest BCUT2D eigenvalue weighted by Crippen LogP contribution is 2.21. The van der Waals surface area contributed by atoms with Gasteiger partial charge < -0.3 is 20.9 Å². The molecule has 3 amide bonds. The van der Waals surface area contributed by atoms with Crippen molar-refractivity contribution in [1.29, 1.82) is 0 Å². The van der Waals surface area contributed by atoms with Gasteiger partial charge in [0.2, 0.25) is 5.91 Å². The van der Waals surface area contributed by atoms with E-state index in [1.165, 1.54) is 18.7 Å². The van der Waals surface area contributed by atoms with Gasteiger partial charge in [-0.1, -0.05) is 30.2 Å². The first-order chi connectivity index (χ1) is 16.9. The van der Waals surface area contributed by atoms with Crippen LogP contribution in [0.5, 0.6) is 0 Å². The molecular formula is C26H26ClN5O3. The zero-order valence-electron chi connectivity index (χ0n) is 19.3. The highest BCUT2D eigenvalue weighted by atomic mass is 35.5. The van der Waals surface area contributed by atoms with Crippen molar-refractivity contribution in [2.24, 2.45) is 0 Å². The van der Waals surface area contributed by atoms with Crippen molar-refractivity contribution in [3.8, 4) is 0 Å². The number of amides is 3. The number of likely N-dealkylation sites (N-methyl/N-ethyl adjacent to an activating group) is 1. The highest BCUT2D eigenvalue weighted by molar-refractivity contribution is 6.30. The highest BCUT2D eigenvalue weighted by Gasteiger charge is 2.20. The molecular weight excluding hydrogens is 466 g/mol. The average molecular weight is 492 g/mol. The second-order valence-corrected chi connectivity index (χ2v) is 8.76. The molecule has 0 bridgehead atoms. The molecule has 1 aromatic heterocycles. The first kappa shape index (κ1) is 24.4. The molecule has 3 aromatic rings. The predicted octanol–water partition coefficient (Wildman–Crippen LogP) is 4.34. The summed E-state index contributed by atoms with van der Waals surface area (Å²) in [4.78, 5) is 43.7. The summed E-state index contributed by atoms with van der Waals surface area (Å²) in [6.45, 7) is 0.285. The van der Waals surface area contributed by atoms with Gasteiger partial charge in [0.15, 0.2) is 0 Å². The van der Waals surface area contributed by atoms with E-state index in [0.29, 0.717) is 33.8 Å². The molecule has 1 aliphatic carbocycles. The number of rotatable bonds is 8. The van der Waals surface area contributed by atoms with Crippen LogP contribution in [0.3, 0.4) is 0 Å². The third-order valence-corrected chi connectivity index (χ3v) is 6.16. The van der Waals surface area contributed by atoms with E-state index in [1.807, 2.05) is 0 Å². The van der Waals surface area contributed by atoms with E-state index in [4.69, 9.17) is 11.6 Å². The Morgan fingerprint density at radius 2 is 1.74 bits per heavy atom. The number of pyridine rings is 1. The molecule has 4 rings (SSSR count). The minimum Gasteiger partial charge on any atom is -0.321 e. The van der Waals surface area contributed by atoms with Gasteiger partial charge in [0.25, 0.3) is 11.8 Å². The summed E-state index contributed by atoms with van der Waals surface area (Å²) in [6.07, 6.45) is 4.93. The molecule has 0 spiro atoms. The van der Waals surface area contributed by atoms with Crippen LogP contribution in [0.25, 0.3) is 0 Å². The number of carbonyl (C=O) groups excluding carboxylic acids is 3. The van der Waals surface area contributed by atoms with Crippen LogP contribution in [0, 0.1) is 0 Å². The SMILES string of the molecule is CN(C(=O)CNC1CCC1)c1ccc(C(=O)Nc2ccccc2C(=O)Nc2cc(Cl)ccn2)cc1. The molecule has 0 unspecified atom stereocenters. The number of halogens is 1. The summed E-state index contributed by atoms with van der Waals surface area (Å²) in [6, 6.07) is 17.0. The number of para-hydroxylation sites is 1. The van der Waals surface area contributed by atoms with Gasteiger partial charge in [0, 0.05) is 35.6 Å². The second-order valence-electron chi connectivity index (χ2n) is 8.32. The zero-order chi connectivity index (χ0) is 24.8. The lowest BCUT2D eigenvalue weighted by atomic mass is 9.93. The summed E-state index contributed by atoms with van der Waals surface area (Å²) >= 11 is 5.95. The third kappa shape index (κ3) is 6.23. The van der Waals surface area contributed by atoms with Gasteiger partial charge in [-0.05, 0) is 61.4 Å². The van der Waals surface area contributed by atoms with Crippen molar-refractivity contribution in [3.05, 3.63) is 83.0 Å². The molecule has 8 nitrogen and oxygen atoms in total. The molecule has 0 atom stereocenters. The van der Waals surface area contributed by atoms with Gasteiger partial charge in [0.05, 0.1) is 17.8 Å².